The van der Waals surface area contributed by atoms with Crippen molar-refractivity contribution in [2.45, 2.75) is 64.2 Å². The Kier molecular flexibility index (Phi) is 7.73. The van der Waals surface area contributed by atoms with Crippen molar-refractivity contribution in [2.75, 3.05) is 0 Å². The third-order valence-electron chi connectivity index (χ3n) is 6.42. The molecule has 166 valence electrons. The minimum absolute atomic E-state index is 0.118. The van der Waals surface area contributed by atoms with Crippen LogP contribution in [0.5, 0.6) is 0 Å². The fourth-order valence-corrected chi connectivity index (χ4v) is 4.68. The first-order valence-corrected chi connectivity index (χ1v) is 11.9. The van der Waals surface area contributed by atoms with Crippen LogP contribution in [0.1, 0.15) is 60.4 Å². The van der Waals surface area contributed by atoms with Gasteiger partial charge >= 0.3 is 0 Å². The lowest BCUT2D eigenvalue weighted by Crippen LogP contribution is -2.44. The zero-order valence-corrected chi connectivity index (χ0v) is 19.0. The Morgan fingerprint density at radius 2 is 1.34 bits per heavy atom. The maximum Gasteiger partial charge on any atom is 0.242 e. The van der Waals surface area contributed by atoms with Crippen molar-refractivity contribution in [3.05, 3.63) is 107 Å². The number of carbonyl (C=O) groups excluding carboxylic acids is 1. The van der Waals surface area contributed by atoms with E-state index in [-0.39, 0.29) is 11.9 Å². The number of hydrogen-bond acceptors (Lipinski definition) is 2. The second kappa shape index (κ2) is 11.1. The molecule has 1 atom stereocenters. The molecule has 0 spiro atoms. The van der Waals surface area contributed by atoms with Gasteiger partial charge in [-0.15, -0.1) is 0 Å². The molecule has 1 aliphatic rings. The maximum absolute atomic E-state index is 13.8. The molecule has 32 heavy (non-hydrogen) atoms. The van der Waals surface area contributed by atoms with E-state index >= 15 is 0 Å². The quantitative estimate of drug-likeness (QED) is 0.466. The van der Waals surface area contributed by atoms with Crippen molar-refractivity contribution in [1.29, 1.82) is 0 Å². The maximum atomic E-state index is 13.8. The lowest BCUT2D eigenvalue weighted by atomic mass is 9.94. The zero-order chi connectivity index (χ0) is 22.2. The second-order valence-corrected chi connectivity index (χ2v) is 9.03. The third kappa shape index (κ3) is 6.08. The van der Waals surface area contributed by atoms with E-state index in [1.807, 2.05) is 12.1 Å². The number of nitrogens with one attached hydrogen (secondary N) is 1. The molecular formula is C29H34N2O. The summed E-state index contributed by atoms with van der Waals surface area (Å²) in [6.45, 7) is 3.52. The van der Waals surface area contributed by atoms with Gasteiger partial charge in [-0.2, -0.15) is 0 Å². The first-order valence-electron chi connectivity index (χ1n) is 11.9. The van der Waals surface area contributed by atoms with Crippen LogP contribution >= 0.6 is 0 Å². The van der Waals surface area contributed by atoms with Crippen molar-refractivity contribution in [3.8, 4) is 0 Å². The molecule has 0 radical (unpaired) electrons. The SMILES string of the molecule is Cc1ccc([C@H](C(=O)NC2CCCCC2)N(Cc2ccccc2)Cc2ccccc2)cc1. The van der Waals surface area contributed by atoms with Crippen LogP contribution in [0.2, 0.25) is 0 Å². The molecule has 0 saturated heterocycles. The first-order chi connectivity index (χ1) is 15.7. The van der Waals surface area contributed by atoms with Crippen LogP contribution in [-0.2, 0) is 17.9 Å². The summed E-state index contributed by atoms with van der Waals surface area (Å²) in [6, 6.07) is 29.3. The van der Waals surface area contributed by atoms with Crippen LogP contribution in [0.4, 0.5) is 0 Å². The van der Waals surface area contributed by atoms with Crippen molar-refractivity contribution in [1.82, 2.24) is 10.2 Å². The molecule has 0 heterocycles. The summed E-state index contributed by atoms with van der Waals surface area (Å²) < 4.78 is 0. The molecule has 3 heteroatoms. The normalized spacial score (nSPS) is 15.4. The van der Waals surface area contributed by atoms with E-state index in [2.05, 4.69) is 89.9 Å². The van der Waals surface area contributed by atoms with Crippen LogP contribution in [0.15, 0.2) is 84.9 Å². The van der Waals surface area contributed by atoms with Gasteiger partial charge in [0.05, 0.1) is 0 Å². The van der Waals surface area contributed by atoms with Gasteiger partial charge in [-0.05, 0) is 36.5 Å². The Labute approximate surface area is 192 Å². The van der Waals surface area contributed by atoms with Crippen LogP contribution in [-0.4, -0.2) is 16.8 Å². The van der Waals surface area contributed by atoms with Crippen LogP contribution in [0, 0.1) is 6.92 Å². The number of amides is 1. The Hall–Kier alpha value is -2.91. The predicted molar refractivity (Wildman–Crippen MR) is 131 cm³/mol. The van der Waals surface area contributed by atoms with E-state index in [1.165, 1.54) is 36.0 Å². The highest BCUT2D eigenvalue weighted by Gasteiger charge is 2.30. The number of rotatable bonds is 8. The molecule has 0 aliphatic heterocycles. The summed E-state index contributed by atoms with van der Waals surface area (Å²) >= 11 is 0. The monoisotopic (exact) mass is 426 g/mol. The number of nitrogens with zero attached hydrogens (tertiary/aromatic N) is 1. The minimum atomic E-state index is -0.335. The molecule has 0 unspecified atom stereocenters. The summed E-state index contributed by atoms with van der Waals surface area (Å²) in [5.41, 5.74) is 4.69. The molecule has 1 saturated carbocycles. The van der Waals surface area contributed by atoms with Gasteiger partial charge in [0.25, 0.3) is 0 Å². The first kappa shape index (κ1) is 22.3. The van der Waals surface area contributed by atoms with Gasteiger partial charge in [-0.1, -0.05) is 110 Å². The largest absolute Gasteiger partial charge is 0.352 e. The number of hydrogen-bond donors (Lipinski definition) is 1. The highest BCUT2D eigenvalue weighted by atomic mass is 16.2. The molecule has 0 aromatic heterocycles. The molecule has 4 rings (SSSR count). The smallest absolute Gasteiger partial charge is 0.242 e. The Bertz CT molecular complexity index is 922. The van der Waals surface area contributed by atoms with E-state index in [0.717, 1.165) is 18.4 Å². The molecule has 0 bridgehead atoms. The van der Waals surface area contributed by atoms with Gasteiger partial charge in [0.15, 0.2) is 0 Å². The summed E-state index contributed by atoms with van der Waals surface area (Å²) in [7, 11) is 0. The zero-order valence-electron chi connectivity index (χ0n) is 19.0. The second-order valence-electron chi connectivity index (χ2n) is 9.03. The van der Waals surface area contributed by atoms with Crippen LogP contribution in [0.25, 0.3) is 0 Å². The lowest BCUT2D eigenvalue weighted by molar-refractivity contribution is -0.128. The lowest BCUT2D eigenvalue weighted by Gasteiger charge is -2.33. The molecule has 1 amide bonds. The van der Waals surface area contributed by atoms with E-state index in [9.17, 15) is 4.79 Å². The van der Waals surface area contributed by atoms with Gasteiger partial charge in [0.1, 0.15) is 6.04 Å². The Morgan fingerprint density at radius 1 is 0.812 bits per heavy atom. The van der Waals surface area contributed by atoms with Crippen molar-refractivity contribution in [3.63, 3.8) is 0 Å². The standard InChI is InChI=1S/C29H34N2O/c1-23-17-19-26(20-18-23)28(29(32)30-27-15-9-4-10-16-27)31(21-24-11-5-2-6-12-24)22-25-13-7-3-8-14-25/h2-3,5-8,11-14,17-20,27-28H,4,9-10,15-16,21-22H2,1H3,(H,30,32)/t28-/m1/s1. The fourth-order valence-electron chi connectivity index (χ4n) is 4.68. The number of aryl methyl sites for hydroxylation is 1. The summed E-state index contributed by atoms with van der Waals surface area (Å²) in [4.78, 5) is 16.1. The highest BCUT2D eigenvalue weighted by Crippen LogP contribution is 2.27. The van der Waals surface area contributed by atoms with Gasteiger partial charge in [-0.25, -0.2) is 0 Å². The Morgan fingerprint density at radius 3 is 1.88 bits per heavy atom. The molecule has 3 aromatic rings. The minimum Gasteiger partial charge on any atom is -0.352 e. The average molecular weight is 427 g/mol. The van der Waals surface area contributed by atoms with Crippen molar-refractivity contribution >= 4 is 5.91 Å². The van der Waals surface area contributed by atoms with Crippen LogP contribution < -0.4 is 5.32 Å². The molecule has 3 nitrogen and oxygen atoms in total. The fraction of sp³-hybridized carbons (Fsp3) is 0.345. The van der Waals surface area contributed by atoms with Crippen molar-refractivity contribution < 1.29 is 4.79 Å². The van der Waals surface area contributed by atoms with E-state index in [1.54, 1.807) is 0 Å². The van der Waals surface area contributed by atoms with Crippen LogP contribution in [0.3, 0.4) is 0 Å². The van der Waals surface area contributed by atoms with Crippen molar-refractivity contribution in [2.24, 2.45) is 0 Å². The van der Waals surface area contributed by atoms with E-state index in [0.29, 0.717) is 19.1 Å². The van der Waals surface area contributed by atoms with Gasteiger partial charge in [0, 0.05) is 19.1 Å². The number of carbonyl (C=O) groups is 1. The summed E-state index contributed by atoms with van der Waals surface area (Å²) in [5, 5.41) is 3.40. The molecule has 3 aromatic carbocycles. The molecular weight excluding hydrogens is 392 g/mol. The third-order valence-corrected chi connectivity index (χ3v) is 6.42. The molecule has 1 aliphatic carbocycles. The molecule has 1 fully saturated rings. The number of benzene rings is 3. The van der Waals surface area contributed by atoms with E-state index < -0.39 is 0 Å². The Balaban J connectivity index is 1.66. The van der Waals surface area contributed by atoms with Gasteiger partial charge in [-0.3, -0.25) is 9.69 Å². The van der Waals surface area contributed by atoms with E-state index in [4.69, 9.17) is 0 Å². The summed E-state index contributed by atoms with van der Waals surface area (Å²) in [6.07, 6.45) is 5.87. The predicted octanol–water partition coefficient (Wildman–Crippen LogP) is 6.19. The summed E-state index contributed by atoms with van der Waals surface area (Å²) in [5.74, 6) is 0.118. The topological polar surface area (TPSA) is 32.3 Å². The van der Waals surface area contributed by atoms with Gasteiger partial charge in [0.2, 0.25) is 5.91 Å². The average Bonchev–Trinajstić information content (AvgIpc) is 2.82. The van der Waals surface area contributed by atoms with Gasteiger partial charge < -0.3 is 5.32 Å². The molecule has 1 N–H and O–H groups in total. The highest BCUT2D eigenvalue weighted by molar-refractivity contribution is 5.83.